The molecule has 5 amide bonds. The predicted molar refractivity (Wildman–Crippen MR) is 125 cm³/mol. The Morgan fingerprint density at radius 2 is 1.50 bits per heavy atom. The maximum atomic E-state index is 13.4. The van der Waals surface area contributed by atoms with Crippen molar-refractivity contribution in [3.05, 3.63) is 90.5 Å². The summed E-state index contributed by atoms with van der Waals surface area (Å²) in [6.07, 6.45) is -0.322. The molecule has 9 heteroatoms. The van der Waals surface area contributed by atoms with Crippen molar-refractivity contribution in [3.63, 3.8) is 0 Å². The van der Waals surface area contributed by atoms with Gasteiger partial charge in [0.25, 0.3) is 5.91 Å². The Hall–Kier alpha value is -4.66. The van der Waals surface area contributed by atoms with E-state index in [1.165, 1.54) is 7.11 Å². The maximum absolute atomic E-state index is 13.4. The number of carbonyl (C=O) groups is 4. The van der Waals surface area contributed by atoms with Gasteiger partial charge < -0.3 is 10.1 Å². The van der Waals surface area contributed by atoms with Gasteiger partial charge in [0.05, 0.1) is 19.2 Å². The second-order valence-electron chi connectivity index (χ2n) is 7.46. The van der Waals surface area contributed by atoms with Crippen LogP contribution in [0.25, 0.3) is 0 Å². The van der Waals surface area contributed by atoms with E-state index in [0.29, 0.717) is 22.7 Å². The first-order valence-corrected chi connectivity index (χ1v) is 10.5. The standard InChI is InChI=1S/C25H22N4O5/c1-34-20-14-12-18(13-15-20)26-24(32)21-16-22(30)28(19-10-6-3-7-11-19)25(33)29(21)27-23(31)17-8-4-2-5-9-17/h2-15,21H,16H2,1H3,(H,26,32)(H,27,31). The molecular formula is C25H22N4O5. The highest BCUT2D eigenvalue weighted by Gasteiger charge is 2.44. The summed E-state index contributed by atoms with van der Waals surface area (Å²) in [7, 11) is 1.53. The molecule has 0 radical (unpaired) electrons. The van der Waals surface area contributed by atoms with Gasteiger partial charge in [-0.3, -0.25) is 19.8 Å². The van der Waals surface area contributed by atoms with Gasteiger partial charge in [-0.05, 0) is 48.5 Å². The first-order valence-electron chi connectivity index (χ1n) is 10.5. The topological polar surface area (TPSA) is 108 Å². The fourth-order valence-corrected chi connectivity index (χ4v) is 3.53. The van der Waals surface area contributed by atoms with Gasteiger partial charge in [0, 0.05) is 11.3 Å². The van der Waals surface area contributed by atoms with Crippen LogP contribution in [-0.4, -0.2) is 41.9 Å². The molecule has 0 aliphatic carbocycles. The maximum Gasteiger partial charge on any atom is 0.350 e. The van der Waals surface area contributed by atoms with E-state index in [4.69, 9.17) is 4.74 Å². The van der Waals surface area contributed by atoms with Crippen molar-refractivity contribution >= 4 is 35.1 Å². The lowest BCUT2D eigenvalue weighted by Crippen LogP contribution is -2.65. The second kappa shape index (κ2) is 9.86. The highest BCUT2D eigenvalue weighted by Crippen LogP contribution is 2.25. The summed E-state index contributed by atoms with van der Waals surface area (Å²) in [4.78, 5) is 53.2. The van der Waals surface area contributed by atoms with E-state index in [9.17, 15) is 19.2 Å². The van der Waals surface area contributed by atoms with Crippen molar-refractivity contribution in [3.8, 4) is 5.75 Å². The molecule has 172 valence electrons. The normalized spacial score (nSPS) is 15.6. The smallest absolute Gasteiger partial charge is 0.350 e. The fourth-order valence-electron chi connectivity index (χ4n) is 3.53. The Kier molecular flexibility index (Phi) is 6.54. The van der Waals surface area contributed by atoms with Gasteiger partial charge in [-0.2, -0.15) is 0 Å². The zero-order valence-corrected chi connectivity index (χ0v) is 18.3. The molecule has 2 N–H and O–H groups in total. The van der Waals surface area contributed by atoms with Crippen molar-refractivity contribution in [1.29, 1.82) is 0 Å². The second-order valence-corrected chi connectivity index (χ2v) is 7.46. The third-order valence-electron chi connectivity index (χ3n) is 5.26. The number of hydrogen-bond donors (Lipinski definition) is 2. The summed E-state index contributed by atoms with van der Waals surface area (Å²) < 4.78 is 5.11. The molecule has 9 nitrogen and oxygen atoms in total. The molecule has 34 heavy (non-hydrogen) atoms. The summed E-state index contributed by atoms with van der Waals surface area (Å²) in [5.41, 5.74) is 3.60. The molecule has 1 atom stereocenters. The molecule has 0 bridgehead atoms. The quantitative estimate of drug-likeness (QED) is 0.590. The number of imide groups is 1. The number of para-hydroxylation sites is 1. The van der Waals surface area contributed by atoms with Gasteiger partial charge in [-0.25, -0.2) is 14.7 Å². The number of urea groups is 1. The van der Waals surface area contributed by atoms with Crippen LogP contribution < -0.4 is 20.4 Å². The van der Waals surface area contributed by atoms with Crippen LogP contribution in [0.5, 0.6) is 5.75 Å². The molecule has 4 rings (SSSR count). The van der Waals surface area contributed by atoms with E-state index in [1.807, 2.05) is 0 Å². The van der Waals surface area contributed by atoms with Crippen molar-refractivity contribution in [1.82, 2.24) is 10.4 Å². The van der Waals surface area contributed by atoms with Crippen molar-refractivity contribution in [2.24, 2.45) is 0 Å². The number of carbonyl (C=O) groups excluding carboxylic acids is 4. The summed E-state index contributed by atoms with van der Waals surface area (Å²) in [6, 6.07) is 21.1. The van der Waals surface area contributed by atoms with Crippen LogP contribution in [0.3, 0.4) is 0 Å². The lowest BCUT2D eigenvalue weighted by Gasteiger charge is -2.38. The van der Waals surface area contributed by atoms with Crippen molar-refractivity contribution < 1.29 is 23.9 Å². The number of amides is 5. The number of benzene rings is 3. The Labute approximate surface area is 195 Å². The molecule has 1 heterocycles. The summed E-state index contributed by atoms with van der Waals surface area (Å²) in [6.45, 7) is 0. The summed E-state index contributed by atoms with van der Waals surface area (Å²) in [5, 5.41) is 3.60. The van der Waals surface area contributed by atoms with E-state index in [2.05, 4.69) is 10.7 Å². The zero-order chi connectivity index (χ0) is 24.1. The van der Waals surface area contributed by atoms with Gasteiger partial charge in [-0.1, -0.05) is 36.4 Å². The summed E-state index contributed by atoms with van der Waals surface area (Å²) in [5.74, 6) is -1.15. The molecule has 3 aromatic carbocycles. The first kappa shape index (κ1) is 22.5. The molecule has 1 aliphatic heterocycles. The number of anilines is 2. The van der Waals surface area contributed by atoms with Crippen molar-refractivity contribution in [2.45, 2.75) is 12.5 Å². The molecule has 1 saturated heterocycles. The van der Waals surface area contributed by atoms with E-state index >= 15 is 0 Å². The van der Waals surface area contributed by atoms with Gasteiger partial charge in [0.2, 0.25) is 11.8 Å². The Balaban J connectivity index is 1.62. The first-order chi connectivity index (χ1) is 16.5. The molecule has 0 spiro atoms. The zero-order valence-electron chi connectivity index (χ0n) is 18.3. The van der Waals surface area contributed by atoms with E-state index in [0.717, 1.165) is 9.91 Å². The molecule has 1 aliphatic rings. The fraction of sp³-hybridized carbons (Fsp3) is 0.120. The average molecular weight is 458 g/mol. The highest BCUT2D eigenvalue weighted by atomic mass is 16.5. The third-order valence-corrected chi connectivity index (χ3v) is 5.26. The van der Waals surface area contributed by atoms with Gasteiger partial charge in [0.15, 0.2) is 0 Å². The number of rotatable bonds is 6. The van der Waals surface area contributed by atoms with Crippen LogP contribution in [0.2, 0.25) is 0 Å². The van der Waals surface area contributed by atoms with Crippen LogP contribution in [0, 0.1) is 0 Å². The minimum atomic E-state index is -1.25. The Morgan fingerprint density at radius 1 is 0.882 bits per heavy atom. The predicted octanol–water partition coefficient (Wildman–Crippen LogP) is 3.21. The number of ether oxygens (including phenoxy) is 1. The monoisotopic (exact) mass is 458 g/mol. The molecule has 1 fully saturated rings. The van der Waals surface area contributed by atoms with E-state index < -0.39 is 29.8 Å². The van der Waals surface area contributed by atoms with Crippen LogP contribution in [-0.2, 0) is 9.59 Å². The van der Waals surface area contributed by atoms with Gasteiger partial charge in [-0.15, -0.1) is 0 Å². The molecular weight excluding hydrogens is 436 g/mol. The minimum Gasteiger partial charge on any atom is -0.497 e. The molecule has 1 unspecified atom stereocenters. The molecule has 0 saturated carbocycles. The third kappa shape index (κ3) is 4.73. The number of nitrogens with one attached hydrogen (secondary N) is 2. The molecule has 3 aromatic rings. The minimum absolute atomic E-state index is 0.299. The van der Waals surface area contributed by atoms with E-state index in [-0.39, 0.29) is 6.42 Å². The van der Waals surface area contributed by atoms with Gasteiger partial charge >= 0.3 is 6.03 Å². The summed E-state index contributed by atoms with van der Waals surface area (Å²) >= 11 is 0. The Morgan fingerprint density at radius 3 is 2.12 bits per heavy atom. The van der Waals surface area contributed by atoms with E-state index in [1.54, 1.807) is 84.9 Å². The highest BCUT2D eigenvalue weighted by molar-refractivity contribution is 6.19. The average Bonchev–Trinajstić information content (AvgIpc) is 2.87. The number of nitrogens with zero attached hydrogens (tertiary/aromatic N) is 2. The SMILES string of the molecule is COc1ccc(NC(=O)C2CC(=O)N(c3ccccc3)C(=O)N2NC(=O)c2ccccc2)cc1. The lowest BCUT2D eigenvalue weighted by atomic mass is 10.1. The number of methoxy groups -OCH3 is 1. The van der Waals surface area contributed by atoms with Gasteiger partial charge in [0.1, 0.15) is 11.8 Å². The van der Waals surface area contributed by atoms with Crippen LogP contribution >= 0.6 is 0 Å². The number of hydrogen-bond acceptors (Lipinski definition) is 5. The molecule has 0 aromatic heterocycles. The van der Waals surface area contributed by atoms with Crippen LogP contribution in [0.4, 0.5) is 16.2 Å². The van der Waals surface area contributed by atoms with Crippen LogP contribution in [0.15, 0.2) is 84.9 Å². The Bertz CT molecular complexity index is 1200. The van der Waals surface area contributed by atoms with Crippen molar-refractivity contribution in [2.75, 3.05) is 17.3 Å². The largest absolute Gasteiger partial charge is 0.497 e. The lowest BCUT2D eigenvalue weighted by molar-refractivity contribution is -0.128. The number of hydrazine groups is 1. The van der Waals surface area contributed by atoms with Crippen LogP contribution in [0.1, 0.15) is 16.8 Å².